The Morgan fingerprint density at radius 2 is 1.57 bits per heavy atom. The Morgan fingerprint density at radius 1 is 0.875 bits per heavy atom. The highest BCUT2D eigenvalue weighted by Crippen LogP contribution is 2.38. The average molecular weight is 544 g/mol. The number of aromatic nitrogens is 2. The van der Waals surface area contributed by atoms with Crippen LogP contribution in [0.25, 0.3) is 22.2 Å². The molecule has 0 saturated heterocycles. The van der Waals surface area contributed by atoms with E-state index in [1.807, 2.05) is 72.8 Å². The van der Waals surface area contributed by atoms with Crippen LogP contribution in [0.3, 0.4) is 0 Å². The largest absolute Gasteiger partial charge is 0.466 e. The number of fused-ring (bicyclic) bond motifs is 1. The number of esters is 1. The molecular weight excluding hydrogens is 515 g/mol. The molecule has 1 heterocycles. The van der Waals surface area contributed by atoms with Crippen molar-refractivity contribution in [3.05, 3.63) is 119 Å². The van der Waals surface area contributed by atoms with E-state index in [0.717, 1.165) is 34.0 Å². The second-order valence-corrected chi connectivity index (χ2v) is 9.53. The van der Waals surface area contributed by atoms with Crippen LogP contribution in [-0.2, 0) is 35.2 Å². The van der Waals surface area contributed by atoms with E-state index in [4.69, 9.17) is 4.74 Å². The number of benzene rings is 4. The molecule has 0 aliphatic heterocycles. The Kier molecular flexibility index (Phi) is 7.86. The molecule has 0 spiro atoms. The van der Waals surface area contributed by atoms with Gasteiger partial charge in [-0.15, -0.1) is 0 Å². The summed E-state index contributed by atoms with van der Waals surface area (Å²) >= 11 is 0. The van der Waals surface area contributed by atoms with Gasteiger partial charge in [-0.1, -0.05) is 78.9 Å². The van der Waals surface area contributed by atoms with Gasteiger partial charge < -0.3 is 10.1 Å². The van der Waals surface area contributed by atoms with Crippen molar-refractivity contribution in [2.75, 3.05) is 11.9 Å². The molecule has 0 radical (unpaired) electrons. The smallest absolute Gasteiger partial charge is 0.418 e. The molecule has 1 aromatic heterocycles. The Hall–Kier alpha value is -4.59. The summed E-state index contributed by atoms with van der Waals surface area (Å²) < 4.78 is 48.1. The number of rotatable bonds is 9. The second kappa shape index (κ2) is 11.7. The highest BCUT2D eigenvalue weighted by atomic mass is 19.4. The number of ether oxygens (including phenoxy) is 1. The lowest BCUT2D eigenvalue weighted by atomic mass is 10.0. The predicted octanol–water partition coefficient (Wildman–Crippen LogP) is 7.49. The van der Waals surface area contributed by atoms with Crippen LogP contribution in [-0.4, -0.2) is 22.4 Å². The van der Waals surface area contributed by atoms with Crippen LogP contribution in [0.5, 0.6) is 0 Å². The number of alkyl halides is 3. The Labute approximate surface area is 230 Å². The second-order valence-electron chi connectivity index (χ2n) is 9.53. The molecule has 0 aliphatic rings. The van der Waals surface area contributed by atoms with E-state index in [-0.39, 0.29) is 11.5 Å². The van der Waals surface area contributed by atoms with Crippen LogP contribution in [0, 0.1) is 0 Å². The first-order valence-corrected chi connectivity index (χ1v) is 12.9. The molecular formula is C32H28F3N3O2. The zero-order valence-corrected chi connectivity index (χ0v) is 21.9. The molecule has 0 atom stereocenters. The van der Waals surface area contributed by atoms with Gasteiger partial charge in [0.25, 0.3) is 0 Å². The summed E-state index contributed by atoms with van der Waals surface area (Å²) in [5.74, 6) is -0.293. The van der Waals surface area contributed by atoms with E-state index in [1.165, 1.54) is 13.0 Å². The summed E-state index contributed by atoms with van der Waals surface area (Å²) in [5.41, 5.74) is 4.58. The van der Waals surface area contributed by atoms with E-state index < -0.39 is 11.7 Å². The molecule has 40 heavy (non-hydrogen) atoms. The molecule has 1 N–H and O–H groups in total. The zero-order valence-electron chi connectivity index (χ0n) is 21.9. The molecule has 204 valence electrons. The SMILES string of the molecule is CC(=O)OCCc1cccc(CNc2ccc(-c3c4cccc(C(F)(F)F)c4nn3Cc3ccccc3)cc2)c1. The van der Waals surface area contributed by atoms with Crippen LogP contribution < -0.4 is 5.32 Å². The Morgan fingerprint density at radius 3 is 2.30 bits per heavy atom. The van der Waals surface area contributed by atoms with Crippen molar-refractivity contribution in [2.45, 2.75) is 32.6 Å². The van der Waals surface area contributed by atoms with E-state index in [9.17, 15) is 18.0 Å². The highest BCUT2D eigenvalue weighted by Gasteiger charge is 2.34. The molecule has 0 aliphatic carbocycles. The summed E-state index contributed by atoms with van der Waals surface area (Å²) in [5, 5.41) is 8.30. The molecule has 0 bridgehead atoms. The van der Waals surface area contributed by atoms with Gasteiger partial charge in [0.15, 0.2) is 0 Å². The van der Waals surface area contributed by atoms with E-state index in [0.29, 0.717) is 37.2 Å². The van der Waals surface area contributed by atoms with Crippen molar-refractivity contribution in [1.29, 1.82) is 0 Å². The minimum atomic E-state index is -4.51. The molecule has 0 amide bonds. The molecule has 5 aromatic rings. The molecule has 4 aromatic carbocycles. The van der Waals surface area contributed by atoms with E-state index in [1.54, 1.807) is 10.7 Å². The number of halogens is 3. The van der Waals surface area contributed by atoms with Gasteiger partial charge in [-0.05, 0) is 34.9 Å². The van der Waals surface area contributed by atoms with Gasteiger partial charge in [-0.2, -0.15) is 18.3 Å². The molecule has 0 unspecified atom stereocenters. The molecule has 0 fully saturated rings. The minimum Gasteiger partial charge on any atom is -0.466 e. The van der Waals surface area contributed by atoms with Gasteiger partial charge in [0.1, 0.15) is 5.52 Å². The summed E-state index contributed by atoms with van der Waals surface area (Å²) in [4.78, 5) is 11.0. The summed E-state index contributed by atoms with van der Waals surface area (Å²) in [6.07, 6.45) is -3.86. The number of hydrogen-bond acceptors (Lipinski definition) is 4. The van der Waals surface area contributed by atoms with Crippen molar-refractivity contribution in [1.82, 2.24) is 9.78 Å². The first-order chi connectivity index (χ1) is 19.3. The average Bonchev–Trinajstić information content (AvgIpc) is 3.30. The quantitative estimate of drug-likeness (QED) is 0.196. The third kappa shape index (κ3) is 6.34. The Balaban J connectivity index is 1.39. The van der Waals surface area contributed by atoms with Crippen molar-refractivity contribution in [3.63, 3.8) is 0 Å². The van der Waals surface area contributed by atoms with E-state index in [2.05, 4.69) is 16.5 Å². The maximum absolute atomic E-state index is 13.8. The molecule has 8 heteroatoms. The van der Waals surface area contributed by atoms with Crippen LogP contribution in [0.1, 0.15) is 29.2 Å². The lowest BCUT2D eigenvalue weighted by molar-refractivity contribution is -0.141. The molecule has 5 rings (SSSR count). The summed E-state index contributed by atoms with van der Waals surface area (Å²) in [7, 11) is 0. The number of nitrogens with one attached hydrogen (secondary N) is 1. The maximum Gasteiger partial charge on any atom is 0.418 e. The minimum absolute atomic E-state index is 0.0586. The Bertz CT molecular complexity index is 1610. The maximum atomic E-state index is 13.8. The zero-order chi connectivity index (χ0) is 28.1. The summed E-state index contributed by atoms with van der Waals surface area (Å²) in [6.45, 7) is 2.67. The third-order valence-electron chi connectivity index (χ3n) is 6.59. The fourth-order valence-electron chi connectivity index (χ4n) is 4.71. The topological polar surface area (TPSA) is 56.1 Å². The fraction of sp³-hybridized carbons (Fsp3) is 0.188. The number of carbonyl (C=O) groups excluding carboxylic acids is 1. The van der Waals surface area contributed by atoms with Gasteiger partial charge in [0, 0.05) is 36.5 Å². The normalized spacial score (nSPS) is 11.5. The number of hydrogen-bond donors (Lipinski definition) is 1. The number of carbonyl (C=O) groups is 1. The van der Waals surface area contributed by atoms with Crippen molar-refractivity contribution >= 4 is 22.6 Å². The number of nitrogens with zero attached hydrogens (tertiary/aromatic N) is 2. The monoisotopic (exact) mass is 543 g/mol. The van der Waals surface area contributed by atoms with Gasteiger partial charge in [0.05, 0.1) is 24.4 Å². The lowest BCUT2D eigenvalue weighted by Crippen LogP contribution is -2.06. The van der Waals surface area contributed by atoms with E-state index >= 15 is 0 Å². The van der Waals surface area contributed by atoms with Crippen molar-refractivity contribution in [3.8, 4) is 11.3 Å². The van der Waals surface area contributed by atoms with Crippen LogP contribution in [0.2, 0.25) is 0 Å². The van der Waals surface area contributed by atoms with Crippen LogP contribution in [0.15, 0.2) is 97.1 Å². The van der Waals surface area contributed by atoms with Crippen LogP contribution in [0.4, 0.5) is 18.9 Å². The standard InChI is InChI=1S/C32H28F3N3O2/c1-22(39)40-18-17-23-9-5-10-25(19-23)20-36-27-15-13-26(14-16-27)31-28-11-6-12-29(32(33,34)35)30(28)37-38(31)21-24-7-3-2-4-8-24/h2-16,19,36H,17-18,20-21H2,1H3. The first kappa shape index (κ1) is 27.0. The summed E-state index contributed by atoms with van der Waals surface area (Å²) in [6, 6.07) is 29.4. The first-order valence-electron chi connectivity index (χ1n) is 12.9. The molecule has 5 nitrogen and oxygen atoms in total. The van der Waals surface area contributed by atoms with Crippen molar-refractivity contribution in [2.24, 2.45) is 0 Å². The number of anilines is 1. The van der Waals surface area contributed by atoms with Gasteiger partial charge >= 0.3 is 12.1 Å². The van der Waals surface area contributed by atoms with Crippen LogP contribution >= 0.6 is 0 Å². The van der Waals surface area contributed by atoms with Gasteiger partial charge in [0.2, 0.25) is 0 Å². The molecule has 0 saturated carbocycles. The highest BCUT2D eigenvalue weighted by molar-refractivity contribution is 5.95. The lowest BCUT2D eigenvalue weighted by Gasteiger charge is -2.11. The fourth-order valence-corrected chi connectivity index (χ4v) is 4.71. The third-order valence-corrected chi connectivity index (χ3v) is 6.59. The van der Waals surface area contributed by atoms with Gasteiger partial charge in [-0.25, -0.2) is 0 Å². The van der Waals surface area contributed by atoms with Crippen molar-refractivity contribution < 1.29 is 22.7 Å². The van der Waals surface area contributed by atoms with Gasteiger partial charge in [-0.3, -0.25) is 9.48 Å². The predicted molar refractivity (Wildman–Crippen MR) is 150 cm³/mol.